The van der Waals surface area contributed by atoms with Crippen molar-refractivity contribution >= 4 is 35.2 Å². The fourth-order valence-corrected chi connectivity index (χ4v) is 3.51. The third kappa shape index (κ3) is 6.04. The van der Waals surface area contributed by atoms with Crippen molar-refractivity contribution in [3.8, 4) is 0 Å². The van der Waals surface area contributed by atoms with Crippen molar-refractivity contribution in [1.29, 1.82) is 0 Å². The maximum atomic E-state index is 13.0. The fourth-order valence-electron chi connectivity index (χ4n) is 2.33. The number of nitrogens with one attached hydrogen (secondary N) is 1. The zero-order chi connectivity index (χ0) is 19.1. The number of hydrogen-bond donors (Lipinski definition) is 2. The molecule has 2 aromatic carbocycles. The van der Waals surface area contributed by atoms with Gasteiger partial charge in [-0.05, 0) is 43.2 Å². The molecule has 0 radical (unpaired) electrons. The Morgan fingerprint density at radius 2 is 1.85 bits per heavy atom. The predicted molar refractivity (Wildman–Crippen MR) is 103 cm³/mol. The van der Waals surface area contributed by atoms with Crippen LogP contribution >= 0.6 is 23.4 Å². The number of benzene rings is 2. The van der Waals surface area contributed by atoms with E-state index in [1.807, 2.05) is 18.2 Å². The van der Waals surface area contributed by atoms with Gasteiger partial charge in [0.15, 0.2) is 0 Å². The van der Waals surface area contributed by atoms with Crippen molar-refractivity contribution in [3.05, 3.63) is 64.9 Å². The highest BCUT2D eigenvalue weighted by atomic mass is 35.5. The molecule has 0 spiro atoms. The van der Waals surface area contributed by atoms with E-state index in [9.17, 15) is 14.0 Å². The lowest BCUT2D eigenvalue weighted by Crippen LogP contribution is -2.40. The summed E-state index contributed by atoms with van der Waals surface area (Å²) in [7, 11) is 0. The van der Waals surface area contributed by atoms with Crippen LogP contribution in [0.2, 0.25) is 5.02 Å². The van der Waals surface area contributed by atoms with E-state index in [2.05, 4.69) is 5.32 Å². The van der Waals surface area contributed by atoms with E-state index in [1.165, 1.54) is 23.9 Å². The summed E-state index contributed by atoms with van der Waals surface area (Å²) in [5.41, 5.74) is 6.21. The molecule has 0 aliphatic heterocycles. The summed E-state index contributed by atoms with van der Waals surface area (Å²) in [5, 5.41) is 2.96. The van der Waals surface area contributed by atoms with E-state index < -0.39 is 11.8 Å². The quantitative estimate of drug-likeness (QED) is 0.674. The van der Waals surface area contributed by atoms with E-state index >= 15 is 0 Å². The topological polar surface area (TPSA) is 72.2 Å². The molecule has 2 rings (SSSR count). The first-order valence-corrected chi connectivity index (χ1v) is 9.35. The van der Waals surface area contributed by atoms with E-state index in [1.54, 1.807) is 25.1 Å². The summed E-state index contributed by atoms with van der Waals surface area (Å²) < 4.78 is 13.0. The van der Waals surface area contributed by atoms with Gasteiger partial charge in [0, 0.05) is 11.4 Å². The number of carbonyl (C=O) groups excluding carboxylic acids is 2. The van der Waals surface area contributed by atoms with Crippen LogP contribution in [0.5, 0.6) is 0 Å². The summed E-state index contributed by atoms with van der Waals surface area (Å²) in [6, 6.07) is 13.1. The molecule has 0 heterocycles. The van der Waals surface area contributed by atoms with Crippen LogP contribution in [0.15, 0.2) is 53.4 Å². The van der Waals surface area contributed by atoms with Crippen LogP contribution in [0.1, 0.15) is 12.5 Å². The van der Waals surface area contributed by atoms with Crippen molar-refractivity contribution in [3.63, 3.8) is 0 Å². The van der Waals surface area contributed by atoms with Gasteiger partial charge in [-0.2, -0.15) is 0 Å². The minimum Gasteiger partial charge on any atom is -0.369 e. The summed E-state index contributed by atoms with van der Waals surface area (Å²) >= 11 is 7.45. The van der Waals surface area contributed by atoms with E-state index in [0.717, 1.165) is 10.5 Å². The van der Waals surface area contributed by atoms with Crippen molar-refractivity contribution in [2.45, 2.75) is 23.5 Å². The Morgan fingerprint density at radius 3 is 2.46 bits per heavy atom. The van der Waals surface area contributed by atoms with Crippen LogP contribution in [-0.4, -0.2) is 23.6 Å². The van der Waals surface area contributed by atoms with Gasteiger partial charge in [-0.25, -0.2) is 4.39 Å². The zero-order valence-corrected chi connectivity index (χ0v) is 15.8. The molecule has 2 aromatic rings. The largest absolute Gasteiger partial charge is 0.369 e. The Morgan fingerprint density at radius 1 is 1.19 bits per heavy atom. The van der Waals surface area contributed by atoms with Crippen molar-refractivity contribution < 1.29 is 14.0 Å². The third-order valence-electron chi connectivity index (χ3n) is 3.83. The van der Waals surface area contributed by atoms with Crippen LogP contribution in [0, 0.1) is 11.7 Å². The summed E-state index contributed by atoms with van der Waals surface area (Å²) in [6.07, 6.45) is 0.335. The minimum atomic E-state index is -0.568. The summed E-state index contributed by atoms with van der Waals surface area (Å²) in [6.45, 7) is 1.89. The van der Waals surface area contributed by atoms with Crippen LogP contribution < -0.4 is 11.1 Å². The molecule has 4 nitrogen and oxygen atoms in total. The molecule has 7 heteroatoms. The van der Waals surface area contributed by atoms with Gasteiger partial charge < -0.3 is 11.1 Å². The molecule has 3 N–H and O–H groups in total. The smallest absolute Gasteiger partial charge is 0.233 e. The van der Waals surface area contributed by atoms with E-state index in [0.29, 0.717) is 11.4 Å². The number of thioether (sulfide) groups is 1. The van der Waals surface area contributed by atoms with Crippen LogP contribution in [0.3, 0.4) is 0 Å². The number of amides is 2. The van der Waals surface area contributed by atoms with Crippen LogP contribution in [0.4, 0.5) is 4.39 Å². The predicted octanol–water partition coefficient (Wildman–Crippen LogP) is 3.42. The number of hydrogen-bond acceptors (Lipinski definition) is 3. The Bertz CT molecular complexity index is 770. The van der Waals surface area contributed by atoms with Crippen molar-refractivity contribution in [2.24, 2.45) is 11.7 Å². The number of rotatable bonds is 8. The average Bonchev–Trinajstić information content (AvgIpc) is 2.61. The van der Waals surface area contributed by atoms with E-state index in [-0.39, 0.29) is 23.5 Å². The third-order valence-corrected chi connectivity index (χ3v) is 5.45. The maximum absolute atomic E-state index is 13.0. The van der Waals surface area contributed by atoms with Gasteiger partial charge in [-0.1, -0.05) is 35.9 Å². The molecule has 0 bridgehead atoms. The lowest BCUT2D eigenvalue weighted by Gasteiger charge is -2.17. The Hall–Kier alpha value is -2.05. The van der Waals surface area contributed by atoms with Gasteiger partial charge in [0.1, 0.15) is 5.82 Å². The normalized spacial score (nSPS) is 13.0. The Balaban J connectivity index is 1.91. The molecule has 0 aromatic heterocycles. The first kappa shape index (κ1) is 20.3. The van der Waals surface area contributed by atoms with Crippen LogP contribution in [0.25, 0.3) is 0 Å². The molecular weight excluding hydrogens is 375 g/mol. The summed E-state index contributed by atoms with van der Waals surface area (Å²) in [4.78, 5) is 24.8. The highest BCUT2D eigenvalue weighted by Gasteiger charge is 2.20. The minimum absolute atomic E-state index is 0.124. The lowest BCUT2D eigenvalue weighted by molar-refractivity contribution is -0.123. The van der Waals surface area contributed by atoms with Gasteiger partial charge in [0.25, 0.3) is 0 Å². The van der Waals surface area contributed by atoms with Gasteiger partial charge in [-0.3, -0.25) is 9.59 Å². The molecule has 2 unspecified atom stereocenters. The van der Waals surface area contributed by atoms with Gasteiger partial charge in [0.05, 0.1) is 16.2 Å². The average molecular weight is 395 g/mol. The van der Waals surface area contributed by atoms with E-state index in [4.69, 9.17) is 17.3 Å². The van der Waals surface area contributed by atoms with Crippen molar-refractivity contribution in [2.75, 3.05) is 6.54 Å². The molecule has 0 saturated carbocycles. The molecule has 138 valence electrons. The second-order valence-corrected chi connectivity index (χ2v) is 7.66. The van der Waals surface area contributed by atoms with Crippen molar-refractivity contribution in [1.82, 2.24) is 5.32 Å². The van der Waals surface area contributed by atoms with Gasteiger partial charge in [0.2, 0.25) is 11.8 Å². The van der Waals surface area contributed by atoms with Crippen LogP contribution in [-0.2, 0) is 16.0 Å². The highest BCUT2D eigenvalue weighted by molar-refractivity contribution is 8.00. The monoisotopic (exact) mass is 394 g/mol. The molecule has 26 heavy (non-hydrogen) atoms. The van der Waals surface area contributed by atoms with Gasteiger partial charge in [-0.15, -0.1) is 11.8 Å². The molecule has 2 atom stereocenters. The maximum Gasteiger partial charge on any atom is 0.233 e. The second-order valence-electron chi connectivity index (χ2n) is 5.87. The SMILES string of the molecule is CC(Sc1ccccc1Cl)C(=O)NCC(Cc1ccc(F)cc1)C(N)=O. The first-order valence-electron chi connectivity index (χ1n) is 8.09. The summed E-state index contributed by atoms with van der Waals surface area (Å²) in [5.74, 6) is -1.63. The highest BCUT2D eigenvalue weighted by Crippen LogP contribution is 2.30. The second kappa shape index (κ2) is 9.59. The first-order chi connectivity index (χ1) is 12.4. The molecule has 0 saturated heterocycles. The number of halogens is 2. The molecular formula is C19H20ClFN2O2S. The number of primary amides is 1. The number of carbonyl (C=O) groups is 2. The Labute approximate surface area is 161 Å². The molecule has 0 aliphatic rings. The molecule has 0 fully saturated rings. The zero-order valence-electron chi connectivity index (χ0n) is 14.2. The number of nitrogens with two attached hydrogens (primary N) is 1. The fraction of sp³-hybridized carbons (Fsp3) is 0.263. The molecule has 0 aliphatic carbocycles. The molecule has 2 amide bonds. The lowest BCUT2D eigenvalue weighted by atomic mass is 9.98. The standard InChI is InChI=1S/C19H20ClFN2O2S/c1-12(26-17-5-3-2-4-16(17)20)19(25)23-11-14(18(22)24)10-13-6-8-15(21)9-7-13/h2-9,12,14H,10-11H2,1H3,(H2,22,24)(H,23,25). The Kier molecular flexibility index (Phi) is 7.48. The van der Waals surface area contributed by atoms with Gasteiger partial charge >= 0.3 is 0 Å².